The SMILES string of the molecule is COC1(NC(=O)/C(=N\OCC(C)C)c2csc(N)n2)C(=O)N2C(C(=O)O)=C(CSc3nnc(O)c(=O)n3C)CS[C@@H]21. The highest BCUT2D eigenvalue weighted by molar-refractivity contribution is 8.01. The van der Waals surface area contributed by atoms with Crippen molar-refractivity contribution in [3.8, 4) is 5.88 Å². The fraction of sp³-hybridized carbons (Fsp3) is 0.455. The predicted octanol–water partition coefficient (Wildman–Crippen LogP) is -0.199. The van der Waals surface area contributed by atoms with E-state index in [0.717, 1.165) is 32.6 Å². The molecule has 0 aliphatic carbocycles. The van der Waals surface area contributed by atoms with E-state index in [1.807, 2.05) is 13.8 Å². The number of carbonyl (C=O) groups excluding carboxylic acids is 2. The Morgan fingerprint density at radius 3 is 2.71 bits per heavy atom. The second-order valence-corrected chi connectivity index (χ2v) is 12.0. The molecule has 220 valence electrons. The van der Waals surface area contributed by atoms with Crippen LogP contribution in [0.15, 0.2) is 31.8 Å². The number of aliphatic carboxylic acids is 1. The first-order valence-corrected chi connectivity index (χ1v) is 14.8. The van der Waals surface area contributed by atoms with Crippen molar-refractivity contribution in [3.63, 3.8) is 0 Å². The minimum atomic E-state index is -1.90. The number of fused-ring (bicyclic) bond motifs is 1. The van der Waals surface area contributed by atoms with E-state index in [-0.39, 0.29) is 51.4 Å². The molecule has 2 aromatic heterocycles. The number of thiazole rings is 1. The van der Waals surface area contributed by atoms with Gasteiger partial charge in [0.15, 0.2) is 16.0 Å². The molecule has 2 aromatic rings. The summed E-state index contributed by atoms with van der Waals surface area (Å²) in [4.78, 5) is 61.6. The number of aromatic hydroxyl groups is 1. The summed E-state index contributed by atoms with van der Waals surface area (Å²) in [7, 11) is 2.61. The van der Waals surface area contributed by atoms with Crippen molar-refractivity contribution in [2.24, 2.45) is 18.1 Å². The van der Waals surface area contributed by atoms with Crippen LogP contribution >= 0.6 is 34.9 Å². The summed E-state index contributed by atoms with van der Waals surface area (Å²) in [6.07, 6.45) is 0. The zero-order valence-corrected chi connectivity index (χ0v) is 24.6. The van der Waals surface area contributed by atoms with E-state index in [2.05, 4.69) is 25.7 Å². The molecule has 4 heterocycles. The Bertz CT molecular complexity index is 1510. The predicted molar refractivity (Wildman–Crippen MR) is 149 cm³/mol. The Hall–Kier alpha value is -3.68. The first-order valence-electron chi connectivity index (χ1n) is 11.9. The Kier molecular flexibility index (Phi) is 8.90. The van der Waals surface area contributed by atoms with Gasteiger partial charge in [0.05, 0.1) is 0 Å². The Labute approximate surface area is 245 Å². The molecule has 2 amide bonds. The van der Waals surface area contributed by atoms with Gasteiger partial charge in [-0.15, -0.1) is 33.3 Å². The van der Waals surface area contributed by atoms with Crippen LogP contribution in [0.3, 0.4) is 0 Å². The average molecular weight is 627 g/mol. The lowest BCUT2D eigenvalue weighted by Gasteiger charge is -2.55. The van der Waals surface area contributed by atoms with Crippen LogP contribution < -0.4 is 16.6 Å². The Balaban J connectivity index is 1.58. The smallest absolute Gasteiger partial charge is 0.352 e. The number of nitrogens with two attached hydrogens (primary N) is 1. The third-order valence-corrected chi connectivity index (χ3v) is 9.02. The minimum Gasteiger partial charge on any atom is -0.488 e. The standard InChI is InChI=1S/C22H26N8O8S3/c1-9(2)5-38-28-12(11-8-40-20(23)24-11)14(31)25-22(37-4)18(36)30-13(17(34)35)10(6-39-19(22)30)7-41-21-27-26-15(32)16(33)29(21)3/h8-9,19H,5-7H2,1-4H3,(H2,23,24)(H,25,31)(H,26,32)(H,34,35)/b28-12-/t19-,22?/m1/s1. The molecule has 2 atom stereocenters. The minimum absolute atomic E-state index is 0.0550. The second kappa shape index (κ2) is 12.0. The van der Waals surface area contributed by atoms with Crippen molar-refractivity contribution in [2.45, 2.75) is 30.1 Å². The number of carbonyl (C=O) groups is 3. The van der Waals surface area contributed by atoms with Crippen LogP contribution in [-0.2, 0) is 31.0 Å². The summed E-state index contributed by atoms with van der Waals surface area (Å²) in [5.74, 6) is -3.42. The van der Waals surface area contributed by atoms with Gasteiger partial charge in [0.2, 0.25) is 0 Å². The number of thioether (sulfide) groups is 2. The summed E-state index contributed by atoms with van der Waals surface area (Å²) in [5, 5.41) is 34.0. The van der Waals surface area contributed by atoms with Gasteiger partial charge in [-0.1, -0.05) is 30.8 Å². The van der Waals surface area contributed by atoms with E-state index in [1.165, 1.54) is 31.3 Å². The number of oxime groups is 1. The van der Waals surface area contributed by atoms with Crippen LogP contribution in [0.2, 0.25) is 0 Å². The number of nitrogens with one attached hydrogen (secondary N) is 1. The maximum Gasteiger partial charge on any atom is 0.352 e. The topological polar surface area (TPSA) is 224 Å². The second-order valence-electron chi connectivity index (χ2n) is 9.15. The molecule has 1 unspecified atom stereocenters. The lowest BCUT2D eigenvalue weighted by atomic mass is 9.98. The number of methoxy groups -OCH3 is 1. The zero-order chi connectivity index (χ0) is 30.1. The average Bonchev–Trinajstić information content (AvgIpc) is 3.36. The number of carboxylic acids is 1. The molecule has 0 saturated carbocycles. The number of nitrogens with zero attached hydrogens (tertiary/aromatic N) is 6. The van der Waals surface area contributed by atoms with Gasteiger partial charge in [-0.25, -0.2) is 9.78 Å². The maximum atomic E-state index is 13.5. The fourth-order valence-corrected chi connectivity index (χ4v) is 6.88. The Morgan fingerprint density at radius 2 is 2.10 bits per heavy atom. The number of rotatable bonds is 11. The van der Waals surface area contributed by atoms with E-state index in [0.29, 0.717) is 5.57 Å². The lowest BCUT2D eigenvalue weighted by Crippen LogP contribution is -2.81. The first-order chi connectivity index (χ1) is 19.4. The number of carboxylic acid groups (broad SMARTS) is 1. The van der Waals surface area contributed by atoms with Crippen LogP contribution in [0.4, 0.5) is 5.13 Å². The van der Waals surface area contributed by atoms with E-state index in [1.54, 1.807) is 0 Å². The molecule has 1 fully saturated rings. The van der Waals surface area contributed by atoms with Crippen molar-refractivity contribution >= 4 is 63.5 Å². The molecule has 0 spiro atoms. The van der Waals surface area contributed by atoms with Gasteiger partial charge in [-0.3, -0.25) is 23.9 Å². The van der Waals surface area contributed by atoms with Crippen LogP contribution in [0.25, 0.3) is 0 Å². The van der Waals surface area contributed by atoms with Crippen molar-refractivity contribution < 1.29 is 34.2 Å². The molecule has 41 heavy (non-hydrogen) atoms. The van der Waals surface area contributed by atoms with Gasteiger partial charge >= 0.3 is 11.5 Å². The lowest BCUT2D eigenvalue weighted by molar-refractivity contribution is -0.191. The summed E-state index contributed by atoms with van der Waals surface area (Å²) in [5.41, 5.74) is 3.08. The molecule has 16 nitrogen and oxygen atoms in total. The summed E-state index contributed by atoms with van der Waals surface area (Å²) in [6, 6.07) is 0. The molecular weight excluding hydrogens is 600 g/mol. The van der Waals surface area contributed by atoms with Crippen molar-refractivity contribution in [1.82, 2.24) is 30.0 Å². The number of ether oxygens (including phenoxy) is 1. The van der Waals surface area contributed by atoms with Gasteiger partial charge in [-0.05, 0) is 11.5 Å². The monoisotopic (exact) mass is 626 g/mol. The molecule has 19 heteroatoms. The highest BCUT2D eigenvalue weighted by Gasteiger charge is 2.66. The molecule has 0 bridgehead atoms. The number of anilines is 1. The van der Waals surface area contributed by atoms with Gasteiger partial charge in [0, 0.05) is 31.0 Å². The first kappa shape index (κ1) is 30.3. The van der Waals surface area contributed by atoms with Crippen LogP contribution in [0.5, 0.6) is 5.88 Å². The summed E-state index contributed by atoms with van der Waals surface area (Å²) >= 11 is 3.28. The molecule has 2 aliphatic rings. The number of aromatic nitrogens is 4. The molecule has 5 N–H and O–H groups in total. The van der Waals surface area contributed by atoms with Gasteiger partial charge < -0.3 is 30.8 Å². The molecule has 0 aromatic carbocycles. The van der Waals surface area contributed by atoms with E-state index >= 15 is 0 Å². The van der Waals surface area contributed by atoms with Gasteiger partial charge in [0.1, 0.15) is 23.4 Å². The van der Waals surface area contributed by atoms with Crippen molar-refractivity contribution in [2.75, 3.05) is 31.0 Å². The maximum absolute atomic E-state index is 13.5. The number of hydrogen-bond acceptors (Lipinski definition) is 15. The third-order valence-electron chi connectivity index (χ3n) is 5.87. The van der Waals surface area contributed by atoms with Crippen LogP contribution in [0, 0.1) is 5.92 Å². The van der Waals surface area contributed by atoms with Crippen molar-refractivity contribution in [3.05, 3.63) is 32.7 Å². The number of nitrogen functional groups attached to an aromatic ring is 1. The molecule has 4 rings (SSSR count). The third kappa shape index (κ3) is 5.74. The largest absolute Gasteiger partial charge is 0.488 e. The summed E-state index contributed by atoms with van der Waals surface area (Å²) in [6.45, 7) is 4.02. The van der Waals surface area contributed by atoms with E-state index in [9.17, 15) is 29.4 Å². The van der Waals surface area contributed by atoms with Gasteiger partial charge in [-0.2, -0.15) is 0 Å². The molecular formula is C22H26N8O8S3. The van der Waals surface area contributed by atoms with E-state index < -0.39 is 40.3 Å². The highest BCUT2D eigenvalue weighted by atomic mass is 32.2. The fourth-order valence-electron chi connectivity index (χ4n) is 3.85. The highest BCUT2D eigenvalue weighted by Crippen LogP contribution is 2.47. The van der Waals surface area contributed by atoms with Crippen LogP contribution in [0.1, 0.15) is 19.5 Å². The number of amides is 2. The molecule has 0 radical (unpaired) electrons. The Morgan fingerprint density at radius 1 is 1.37 bits per heavy atom. The number of β-lactam (4-membered cyclic amide) rings is 1. The molecule has 1 saturated heterocycles. The van der Waals surface area contributed by atoms with E-state index in [4.69, 9.17) is 15.3 Å². The quantitative estimate of drug-likeness (QED) is 0.0834. The molecule has 2 aliphatic heterocycles. The zero-order valence-electron chi connectivity index (χ0n) is 22.2. The number of hydrogen-bond donors (Lipinski definition) is 4. The van der Waals surface area contributed by atoms with Gasteiger partial charge in [0.25, 0.3) is 23.4 Å². The normalized spacial score (nSPS) is 20.6. The summed E-state index contributed by atoms with van der Waals surface area (Å²) < 4.78 is 6.59. The van der Waals surface area contributed by atoms with Crippen LogP contribution in [-0.4, -0.2) is 94.7 Å². The van der Waals surface area contributed by atoms with Crippen molar-refractivity contribution in [1.29, 1.82) is 0 Å².